The summed E-state index contributed by atoms with van der Waals surface area (Å²) in [5.41, 5.74) is 2.74. The molecule has 0 aromatic carbocycles. The van der Waals surface area contributed by atoms with E-state index in [9.17, 15) is 4.79 Å². The Balaban J connectivity index is 1.78. The molecule has 3 atom stereocenters. The standard InChI is InChI=1S/C20H31NOS/c1-13-8-14(2)11-21(10-13)19(22)17-12-23-18-9-15(20(3,4)5)6-7-16(17)18/h12-15H,6-11H2,1-5H3. The van der Waals surface area contributed by atoms with Crippen LogP contribution in [0.25, 0.3) is 0 Å². The molecule has 2 aliphatic rings. The summed E-state index contributed by atoms with van der Waals surface area (Å²) in [4.78, 5) is 16.6. The summed E-state index contributed by atoms with van der Waals surface area (Å²) < 4.78 is 0. The fourth-order valence-corrected chi connectivity index (χ4v) is 5.59. The Labute approximate surface area is 145 Å². The average Bonchev–Trinajstić information content (AvgIpc) is 2.87. The van der Waals surface area contributed by atoms with Crippen LogP contribution in [0.4, 0.5) is 0 Å². The third-order valence-electron chi connectivity index (χ3n) is 5.77. The van der Waals surface area contributed by atoms with Gasteiger partial charge in [0.15, 0.2) is 0 Å². The predicted molar refractivity (Wildman–Crippen MR) is 98.1 cm³/mol. The largest absolute Gasteiger partial charge is 0.338 e. The molecule has 0 bridgehead atoms. The number of rotatable bonds is 1. The lowest BCUT2D eigenvalue weighted by molar-refractivity contribution is 0.0622. The van der Waals surface area contributed by atoms with Crippen molar-refractivity contribution in [1.29, 1.82) is 0 Å². The maximum absolute atomic E-state index is 13.0. The van der Waals surface area contributed by atoms with Crippen molar-refractivity contribution in [3.8, 4) is 0 Å². The Kier molecular flexibility index (Phi) is 4.61. The molecule has 1 saturated heterocycles. The lowest BCUT2D eigenvalue weighted by Crippen LogP contribution is -2.42. The van der Waals surface area contributed by atoms with E-state index in [4.69, 9.17) is 0 Å². The molecule has 1 aliphatic heterocycles. The molecule has 3 unspecified atom stereocenters. The van der Waals surface area contributed by atoms with E-state index < -0.39 is 0 Å². The summed E-state index contributed by atoms with van der Waals surface area (Å²) in [6.45, 7) is 13.4. The third-order valence-corrected chi connectivity index (χ3v) is 6.82. The first-order valence-corrected chi connectivity index (χ1v) is 10.0. The topological polar surface area (TPSA) is 20.3 Å². The molecule has 2 nitrogen and oxygen atoms in total. The van der Waals surface area contributed by atoms with Crippen molar-refractivity contribution in [2.75, 3.05) is 13.1 Å². The number of carbonyl (C=O) groups excluding carboxylic acids is 1. The van der Waals surface area contributed by atoms with Gasteiger partial charge in [0.2, 0.25) is 0 Å². The number of hydrogen-bond acceptors (Lipinski definition) is 2. The van der Waals surface area contributed by atoms with Gasteiger partial charge >= 0.3 is 0 Å². The van der Waals surface area contributed by atoms with Crippen molar-refractivity contribution in [2.45, 2.75) is 60.3 Å². The summed E-state index contributed by atoms with van der Waals surface area (Å²) in [6.07, 6.45) is 4.71. The molecule has 1 aliphatic carbocycles. The average molecular weight is 334 g/mol. The van der Waals surface area contributed by atoms with Crippen molar-refractivity contribution in [3.63, 3.8) is 0 Å². The van der Waals surface area contributed by atoms with Crippen LogP contribution in [-0.2, 0) is 12.8 Å². The van der Waals surface area contributed by atoms with Gasteiger partial charge in [0.25, 0.3) is 5.91 Å². The molecule has 0 spiro atoms. The Bertz CT molecular complexity index is 573. The van der Waals surface area contributed by atoms with Crippen LogP contribution in [0, 0.1) is 23.2 Å². The number of piperidine rings is 1. The number of likely N-dealkylation sites (tertiary alicyclic amines) is 1. The van der Waals surface area contributed by atoms with E-state index >= 15 is 0 Å². The molecule has 128 valence electrons. The van der Waals surface area contributed by atoms with Crippen molar-refractivity contribution >= 4 is 17.2 Å². The minimum atomic E-state index is 0.287. The minimum Gasteiger partial charge on any atom is -0.338 e. The van der Waals surface area contributed by atoms with E-state index in [2.05, 4.69) is 44.9 Å². The Morgan fingerprint density at radius 1 is 1.22 bits per heavy atom. The molecule has 0 saturated carbocycles. The highest BCUT2D eigenvalue weighted by Gasteiger charge is 2.33. The minimum absolute atomic E-state index is 0.287. The van der Waals surface area contributed by atoms with Crippen molar-refractivity contribution in [1.82, 2.24) is 4.90 Å². The Hall–Kier alpha value is -0.830. The SMILES string of the molecule is CC1CC(C)CN(C(=O)c2csc3c2CCC(C(C)(C)C)C3)C1. The van der Waals surface area contributed by atoms with Gasteiger partial charge in [-0.25, -0.2) is 0 Å². The first-order chi connectivity index (χ1) is 10.8. The third kappa shape index (κ3) is 3.50. The van der Waals surface area contributed by atoms with E-state index in [1.807, 2.05) is 11.3 Å². The summed E-state index contributed by atoms with van der Waals surface area (Å²) in [5, 5.41) is 2.14. The van der Waals surface area contributed by atoms with E-state index in [1.165, 1.54) is 23.3 Å². The van der Waals surface area contributed by atoms with Crippen LogP contribution in [0.1, 0.15) is 68.3 Å². The highest BCUT2D eigenvalue weighted by Crippen LogP contribution is 2.41. The zero-order valence-electron chi connectivity index (χ0n) is 15.3. The van der Waals surface area contributed by atoms with Crippen LogP contribution in [0.2, 0.25) is 0 Å². The van der Waals surface area contributed by atoms with Crippen molar-refractivity contribution < 1.29 is 4.79 Å². The second-order valence-electron chi connectivity index (χ2n) is 9.01. The van der Waals surface area contributed by atoms with E-state index in [0.29, 0.717) is 17.3 Å². The zero-order valence-corrected chi connectivity index (χ0v) is 16.1. The number of carbonyl (C=O) groups is 1. The number of thiophene rings is 1. The first kappa shape index (κ1) is 17.0. The molecule has 1 fully saturated rings. The maximum Gasteiger partial charge on any atom is 0.255 e. The molecular weight excluding hydrogens is 302 g/mol. The molecule has 3 heteroatoms. The molecule has 23 heavy (non-hydrogen) atoms. The van der Waals surface area contributed by atoms with Crippen LogP contribution in [-0.4, -0.2) is 23.9 Å². The van der Waals surface area contributed by atoms with Crippen LogP contribution in [0.15, 0.2) is 5.38 Å². The van der Waals surface area contributed by atoms with Crippen LogP contribution >= 0.6 is 11.3 Å². The summed E-state index contributed by atoms with van der Waals surface area (Å²) >= 11 is 1.82. The number of nitrogens with zero attached hydrogens (tertiary/aromatic N) is 1. The molecule has 1 amide bonds. The van der Waals surface area contributed by atoms with Gasteiger partial charge in [-0.3, -0.25) is 4.79 Å². The first-order valence-electron chi connectivity index (χ1n) is 9.14. The second-order valence-corrected chi connectivity index (χ2v) is 9.98. The number of fused-ring (bicyclic) bond motifs is 1. The fraction of sp³-hybridized carbons (Fsp3) is 0.750. The van der Waals surface area contributed by atoms with Crippen molar-refractivity contribution in [2.24, 2.45) is 23.2 Å². The molecule has 3 rings (SSSR count). The lowest BCUT2D eigenvalue weighted by Gasteiger charge is -2.36. The summed E-state index contributed by atoms with van der Waals surface area (Å²) in [5.74, 6) is 2.28. The van der Waals surface area contributed by atoms with Gasteiger partial charge < -0.3 is 4.90 Å². The molecule has 0 N–H and O–H groups in total. The number of amides is 1. The molecule has 2 heterocycles. The van der Waals surface area contributed by atoms with E-state index in [1.54, 1.807) is 0 Å². The van der Waals surface area contributed by atoms with Gasteiger partial charge in [-0.1, -0.05) is 34.6 Å². The molecular formula is C20H31NOS. The van der Waals surface area contributed by atoms with Gasteiger partial charge in [0.05, 0.1) is 5.56 Å². The monoisotopic (exact) mass is 333 g/mol. The number of hydrogen-bond donors (Lipinski definition) is 0. The quantitative estimate of drug-likeness (QED) is 0.707. The Morgan fingerprint density at radius 3 is 2.48 bits per heavy atom. The van der Waals surface area contributed by atoms with Gasteiger partial charge in [-0.15, -0.1) is 11.3 Å². The van der Waals surface area contributed by atoms with Crippen LogP contribution < -0.4 is 0 Å². The summed E-state index contributed by atoms with van der Waals surface area (Å²) in [7, 11) is 0. The lowest BCUT2D eigenvalue weighted by atomic mass is 9.72. The Morgan fingerprint density at radius 2 is 1.87 bits per heavy atom. The van der Waals surface area contributed by atoms with Gasteiger partial charge in [0, 0.05) is 23.3 Å². The second kappa shape index (κ2) is 6.23. The van der Waals surface area contributed by atoms with Crippen LogP contribution in [0.5, 0.6) is 0 Å². The van der Waals surface area contributed by atoms with Crippen molar-refractivity contribution in [3.05, 3.63) is 21.4 Å². The maximum atomic E-state index is 13.0. The molecule has 0 radical (unpaired) electrons. The normalized spacial score (nSPS) is 28.6. The van der Waals surface area contributed by atoms with E-state index in [0.717, 1.165) is 37.4 Å². The van der Waals surface area contributed by atoms with Gasteiger partial charge in [-0.05, 0) is 54.4 Å². The zero-order chi connectivity index (χ0) is 16.8. The van der Waals surface area contributed by atoms with E-state index in [-0.39, 0.29) is 5.91 Å². The highest BCUT2D eigenvalue weighted by molar-refractivity contribution is 7.10. The summed E-state index contributed by atoms with van der Waals surface area (Å²) in [6, 6.07) is 0. The van der Waals surface area contributed by atoms with Crippen LogP contribution in [0.3, 0.4) is 0 Å². The smallest absolute Gasteiger partial charge is 0.255 e. The van der Waals surface area contributed by atoms with Gasteiger partial charge in [-0.2, -0.15) is 0 Å². The highest BCUT2D eigenvalue weighted by atomic mass is 32.1. The predicted octanol–water partition coefficient (Wildman–Crippen LogP) is 5.02. The van der Waals surface area contributed by atoms with Gasteiger partial charge in [0.1, 0.15) is 0 Å². The molecule has 1 aromatic rings. The molecule has 1 aromatic heterocycles. The fourth-order valence-electron chi connectivity index (χ4n) is 4.43.